The first-order valence-corrected chi connectivity index (χ1v) is 6.57. The molecular weight excluding hydrogens is 244 g/mol. The van der Waals surface area contributed by atoms with Crippen molar-refractivity contribution in [3.63, 3.8) is 0 Å². The molecule has 0 heterocycles. The lowest BCUT2D eigenvalue weighted by Crippen LogP contribution is -2.08. The van der Waals surface area contributed by atoms with Gasteiger partial charge in [-0.2, -0.15) is 0 Å². The molecule has 0 saturated heterocycles. The van der Waals surface area contributed by atoms with E-state index in [9.17, 15) is 10.1 Å². The van der Waals surface area contributed by atoms with Gasteiger partial charge >= 0.3 is 0 Å². The Morgan fingerprint density at radius 2 is 2.16 bits per heavy atom. The van der Waals surface area contributed by atoms with Gasteiger partial charge in [-0.15, -0.1) is 0 Å². The fourth-order valence-electron chi connectivity index (χ4n) is 1.64. The molecule has 0 bridgehead atoms. The summed E-state index contributed by atoms with van der Waals surface area (Å²) in [5, 5.41) is 14.0. The fraction of sp³-hybridized carbons (Fsp3) is 0.571. The third-order valence-corrected chi connectivity index (χ3v) is 2.65. The highest BCUT2D eigenvalue weighted by atomic mass is 16.6. The first-order chi connectivity index (χ1) is 9.00. The van der Waals surface area contributed by atoms with Crippen LogP contribution >= 0.6 is 0 Å². The second-order valence-corrected chi connectivity index (χ2v) is 5.01. The molecule has 0 atom stereocenters. The van der Waals surface area contributed by atoms with Gasteiger partial charge in [0.25, 0.3) is 5.69 Å². The zero-order valence-electron chi connectivity index (χ0n) is 11.8. The molecule has 106 valence electrons. The first-order valence-electron chi connectivity index (χ1n) is 6.57. The molecule has 1 aromatic rings. The van der Waals surface area contributed by atoms with E-state index in [1.54, 1.807) is 19.1 Å². The lowest BCUT2D eigenvalue weighted by molar-refractivity contribution is -0.385. The topological polar surface area (TPSA) is 64.4 Å². The SMILES string of the molecule is Cc1ccc(NCCCOCC(C)C)cc1[N+](=O)[O-]. The van der Waals surface area contributed by atoms with E-state index in [-0.39, 0.29) is 10.6 Å². The minimum atomic E-state index is -0.355. The molecule has 0 radical (unpaired) electrons. The van der Waals surface area contributed by atoms with E-state index in [0.29, 0.717) is 18.1 Å². The van der Waals surface area contributed by atoms with Crippen LogP contribution in [-0.4, -0.2) is 24.7 Å². The van der Waals surface area contributed by atoms with Crippen LogP contribution in [0, 0.1) is 23.0 Å². The molecule has 1 aromatic carbocycles. The van der Waals surface area contributed by atoms with Gasteiger partial charge in [-0.25, -0.2) is 0 Å². The van der Waals surface area contributed by atoms with Gasteiger partial charge in [0.15, 0.2) is 0 Å². The maximum absolute atomic E-state index is 10.8. The molecule has 0 saturated carbocycles. The number of aryl methyl sites for hydroxylation is 1. The summed E-state index contributed by atoms with van der Waals surface area (Å²) in [6.45, 7) is 8.20. The monoisotopic (exact) mass is 266 g/mol. The number of nitrogens with one attached hydrogen (secondary N) is 1. The van der Waals surface area contributed by atoms with Gasteiger partial charge in [-0.3, -0.25) is 10.1 Å². The molecule has 0 amide bonds. The summed E-state index contributed by atoms with van der Waals surface area (Å²) in [4.78, 5) is 10.5. The predicted octanol–water partition coefficient (Wildman–Crippen LogP) is 3.38. The molecule has 5 nitrogen and oxygen atoms in total. The number of nitrogens with zero attached hydrogens (tertiary/aromatic N) is 1. The molecule has 0 fully saturated rings. The number of hydrogen-bond acceptors (Lipinski definition) is 4. The van der Waals surface area contributed by atoms with Crippen molar-refractivity contribution in [2.24, 2.45) is 5.92 Å². The normalized spacial score (nSPS) is 10.7. The second kappa shape index (κ2) is 7.74. The minimum absolute atomic E-state index is 0.154. The fourth-order valence-corrected chi connectivity index (χ4v) is 1.64. The molecule has 0 aliphatic carbocycles. The third-order valence-electron chi connectivity index (χ3n) is 2.65. The Labute approximate surface area is 114 Å². The summed E-state index contributed by atoms with van der Waals surface area (Å²) in [6, 6.07) is 5.19. The van der Waals surface area contributed by atoms with E-state index < -0.39 is 0 Å². The van der Waals surface area contributed by atoms with Crippen LogP contribution in [0.2, 0.25) is 0 Å². The molecule has 19 heavy (non-hydrogen) atoms. The van der Waals surface area contributed by atoms with Crippen molar-refractivity contribution < 1.29 is 9.66 Å². The Balaban J connectivity index is 2.34. The van der Waals surface area contributed by atoms with Crippen molar-refractivity contribution >= 4 is 11.4 Å². The number of ether oxygens (including phenoxy) is 1. The average molecular weight is 266 g/mol. The molecule has 0 aromatic heterocycles. The van der Waals surface area contributed by atoms with Gasteiger partial charge in [-0.1, -0.05) is 19.9 Å². The number of rotatable bonds is 8. The minimum Gasteiger partial charge on any atom is -0.385 e. The summed E-state index contributed by atoms with van der Waals surface area (Å²) in [5.74, 6) is 0.549. The van der Waals surface area contributed by atoms with Crippen LogP contribution in [0.1, 0.15) is 25.8 Å². The van der Waals surface area contributed by atoms with Gasteiger partial charge in [0.2, 0.25) is 0 Å². The van der Waals surface area contributed by atoms with E-state index in [0.717, 1.165) is 25.3 Å². The number of hydrogen-bond donors (Lipinski definition) is 1. The maximum Gasteiger partial charge on any atom is 0.274 e. The largest absolute Gasteiger partial charge is 0.385 e. The van der Waals surface area contributed by atoms with Crippen LogP contribution in [0.15, 0.2) is 18.2 Å². The van der Waals surface area contributed by atoms with E-state index in [1.807, 2.05) is 6.07 Å². The molecule has 0 spiro atoms. The zero-order chi connectivity index (χ0) is 14.3. The van der Waals surface area contributed by atoms with Gasteiger partial charge in [0.1, 0.15) is 0 Å². The molecule has 1 N–H and O–H groups in total. The molecule has 0 aliphatic rings. The Morgan fingerprint density at radius 3 is 2.79 bits per heavy atom. The van der Waals surface area contributed by atoms with Crippen molar-refractivity contribution in [1.29, 1.82) is 0 Å². The number of nitro groups is 1. The van der Waals surface area contributed by atoms with Crippen LogP contribution in [0.5, 0.6) is 0 Å². The van der Waals surface area contributed by atoms with Crippen molar-refractivity contribution in [2.75, 3.05) is 25.1 Å². The van der Waals surface area contributed by atoms with E-state index in [2.05, 4.69) is 19.2 Å². The average Bonchev–Trinajstić information content (AvgIpc) is 2.34. The van der Waals surface area contributed by atoms with Crippen LogP contribution in [0.4, 0.5) is 11.4 Å². The maximum atomic E-state index is 10.8. The molecule has 1 rings (SSSR count). The first kappa shape index (κ1) is 15.4. The number of nitro benzene ring substituents is 1. The Hall–Kier alpha value is -1.62. The Bertz CT molecular complexity index is 419. The summed E-state index contributed by atoms with van der Waals surface area (Å²) in [7, 11) is 0. The van der Waals surface area contributed by atoms with Gasteiger partial charge < -0.3 is 10.1 Å². The quantitative estimate of drug-likeness (QED) is 0.445. The lowest BCUT2D eigenvalue weighted by atomic mass is 10.2. The summed E-state index contributed by atoms with van der Waals surface area (Å²) >= 11 is 0. The van der Waals surface area contributed by atoms with Crippen molar-refractivity contribution in [2.45, 2.75) is 27.2 Å². The predicted molar refractivity (Wildman–Crippen MR) is 76.6 cm³/mol. The smallest absolute Gasteiger partial charge is 0.274 e. The third kappa shape index (κ3) is 5.70. The van der Waals surface area contributed by atoms with Crippen LogP contribution < -0.4 is 5.32 Å². The van der Waals surface area contributed by atoms with Crippen LogP contribution in [0.3, 0.4) is 0 Å². The van der Waals surface area contributed by atoms with Crippen molar-refractivity contribution in [3.05, 3.63) is 33.9 Å². The van der Waals surface area contributed by atoms with Gasteiger partial charge in [0, 0.05) is 37.1 Å². The molecule has 0 aliphatic heterocycles. The number of benzene rings is 1. The molecular formula is C14H22N2O3. The van der Waals surface area contributed by atoms with Gasteiger partial charge in [-0.05, 0) is 25.3 Å². The Kier molecular flexibility index (Phi) is 6.29. The molecule has 0 unspecified atom stereocenters. The van der Waals surface area contributed by atoms with E-state index in [4.69, 9.17) is 4.74 Å². The standard InChI is InChI=1S/C14H22N2O3/c1-11(2)10-19-8-4-7-15-13-6-5-12(3)14(9-13)16(17)18/h5-6,9,11,15H,4,7-8,10H2,1-3H3. The van der Waals surface area contributed by atoms with Crippen LogP contribution in [-0.2, 0) is 4.74 Å². The highest BCUT2D eigenvalue weighted by Gasteiger charge is 2.10. The highest BCUT2D eigenvalue weighted by molar-refractivity contribution is 5.54. The van der Waals surface area contributed by atoms with Crippen molar-refractivity contribution in [1.82, 2.24) is 0 Å². The van der Waals surface area contributed by atoms with E-state index >= 15 is 0 Å². The second-order valence-electron chi connectivity index (χ2n) is 5.01. The van der Waals surface area contributed by atoms with Crippen molar-refractivity contribution in [3.8, 4) is 0 Å². The summed E-state index contributed by atoms with van der Waals surface area (Å²) < 4.78 is 5.47. The Morgan fingerprint density at radius 1 is 1.42 bits per heavy atom. The molecule has 5 heteroatoms. The lowest BCUT2D eigenvalue weighted by Gasteiger charge is -2.09. The summed E-state index contributed by atoms with van der Waals surface area (Å²) in [6.07, 6.45) is 0.883. The highest BCUT2D eigenvalue weighted by Crippen LogP contribution is 2.22. The van der Waals surface area contributed by atoms with E-state index in [1.165, 1.54) is 0 Å². The zero-order valence-corrected chi connectivity index (χ0v) is 11.8. The number of anilines is 1. The summed E-state index contributed by atoms with van der Waals surface area (Å²) in [5.41, 5.74) is 1.61. The van der Waals surface area contributed by atoms with Gasteiger partial charge in [0.05, 0.1) is 4.92 Å². The van der Waals surface area contributed by atoms with Crippen LogP contribution in [0.25, 0.3) is 0 Å².